The first-order valence-electron chi connectivity index (χ1n) is 10.2. The topological polar surface area (TPSA) is 52.6 Å². The van der Waals surface area contributed by atoms with Crippen molar-refractivity contribution in [1.29, 1.82) is 0 Å². The van der Waals surface area contributed by atoms with E-state index in [-0.39, 0.29) is 11.8 Å². The zero-order valence-electron chi connectivity index (χ0n) is 17.3. The average molecular weight is 454 g/mol. The highest BCUT2D eigenvalue weighted by molar-refractivity contribution is 7.17. The number of piperazine rings is 1. The molecule has 3 aromatic rings. The van der Waals surface area contributed by atoms with Crippen LogP contribution >= 0.6 is 22.9 Å². The van der Waals surface area contributed by atoms with Gasteiger partial charge >= 0.3 is 0 Å². The zero-order valence-corrected chi connectivity index (χ0v) is 18.9. The van der Waals surface area contributed by atoms with Crippen molar-refractivity contribution < 1.29 is 9.59 Å². The molecule has 2 amide bonds. The number of hydrogen-bond donors (Lipinski definition) is 1. The fourth-order valence-electron chi connectivity index (χ4n) is 3.46. The predicted molar refractivity (Wildman–Crippen MR) is 126 cm³/mol. The van der Waals surface area contributed by atoms with Gasteiger partial charge in [-0.3, -0.25) is 9.59 Å². The van der Waals surface area contributed by atoms with E-state index in [0.717, 1.165) is 42.2 Å². The molecule has 1 aliphatic rings. The average Bonchev–Trinajstić information content (AvgIpc) is 3.29. The van der Waals surface area contributed by atoms with E-state index in [1.54, 1.807) is 0 Å². The highest BCUT2D eigenvalue weighted by atomic mass is 35.5. The van der Waals surface area contributed by atoms with Gasteiger partial charge in [0.05, 0.1) is 4.88 Å². The summed E-state index contributed by atoms with van der Waals surface area (Å²) in [5.74, 6) is -0.0418. The first kappa shape index (κ1) is 21.6. The minimum Gasteiger partial charge on any atom is -0.347 e. The monoisotopic (exact) mass is 453 g/mol. The molecule has 5 nitrogen and oxygen atoms in total. The molecule has 1 aliphatic heterocycles. The van der Waals surface area contributed by atoms with Crippen LogP contribution in [-0.2, 0) is 6.54 Å². The molecule has 1 aromatic heterocycles. The Bertz CT molecular complexity index is 1060. The Morgan fingerprint density at radius 2 is 1.61 bits per heavy atom. The molecule has 1 N–H and O–H groups in total. The molecule has 0 atom stereocenters. The van der Waals surface area contributed by atoms with Crippen molar-refractivity contribution in [2.24, 2.45) is 0 Å². The Morgan fingerprint density at radius 3 is 2.29 bits per heavy atom. The van der Waals surface area contributed by atoms with Crippen molar-refractivity contribution in [3.63, 3.8) is 0 Å². The number of halogens is 1. The van der Waals surface area contributed by atoms with Crippen LogP contribution in [0.4, 0.5) is 0 Å². The van der Waals surface area contributed by atoms with Crippen LogP contribution in [0.15, 0.2) is 60.7 Å². The molecule has 1 fully saturated rings. The molecule has 2 heterocycles. The van der Waals surface area contributed by atoms with Crippen LogP contribution in [0, 0.1) is 0 Å². The second-order valence-electron chi connectivity index (χ2n) is 7.65. The van der Waals surface area contributed by atoms with E-state index in [2.05, 4.69) is 17.3 Å². The summed E-state index contributed by atoms with van der Waals surface area (Å²) in [5, 5.41) is 3.64. The van der Waals surface area contributed by atoms with Crippen LogP contribution in [0.5, 0.6) is 0 Å². The predicted octanol–water partition coefficient (Wildman–Crippen LogP) is 4.39. The summed E-state index contributed by atoms with van der Waals surface area (Å²) in [6.45, 7) is 3.73. The molecule has 0 bridgehead atoms. The van der Waals surface area contributed by atoms with Crippen LogP contribution in [0.3, 0.4) is 0 Å². The van der Waals surface area contributed by atoms with Gasteiger partial charge in [-0.05, 0) is 54.6 Å². The van der Waals surface area contributed by atoms with Gasteiger partial charge in [-0.1, -0.05) is 35.9 Å². The van der Waals surface area contributed by atoms with Gasteiger partial charge in [0.1, 0.15) is 0 Å². The lowest BCUT2D eigenvalue weighted by Crippen LogP contribution is -2.47. The number of carbonyl (C=O) groups is 2. The van der Waals surface area contributed by atoms with E-state index in [1.165, 1.54) is 11.3 Å². The summed E-state index contributed by atoms with van der Waals surface area (Å²) in [4.78, 5) is 31.0. The summed E-state index contributed by atoms with van der Waals surface area (Å²) in [5.41, 5.74) is 2.68. The van der Waals surface area contributed by atoms with Gasteiger partial charge in [0.2, 0.25) is 0 Å². The van der Waals surface area contributed by atoms with E-state index in [0.29, 0.717) is 22.0 Å². The Balaban J connectivity index is 1.32. The van der Waals surface area contributed by atoms with Gasteiger partial charge in [-0.15, -0.1) is 11.3 Å². The molecule has 160 valence electrons. The van der Waals surface area contributed by atoms with E-state index >= 15 is 0 Å². The van der Waals surface area contributed by atoms with E-state index in [4.69, 9.17) is 11.6 Å². The molecular formula is C24H24ClN3O2S. The lowest BCUT2D eigenvalue weighted by atomic mass is 10.1. The SMILES string of the molecule is CN1CCN(C(=O)c2ccc(CNC(=O)c3ccc(-c4ccc(Cl)cc4)s3)cc2)CC1. The fraction of sp³-hybridized carbons (Fsp3) is 0.250. The van der Waals surface area contributed by atoms with Crippen molar-refractivity contribution in [2.75, 3.05) is 33.2 Å². The Morgan fingerprint density at radius 1 is 0.935 bits per heavy atom. The minimum absolute atomic E-state index is 0.0667. The Labute approximate surface area is 191 Å². The summed E-state index contributed by atoms with van der Waals surface area (Å²) in [6.07, 6.45) is 0. The van der Waals surface area contributed by atoms with Crippen LogP contribution < -0.4 is 5.32 Å². The Kier molecular flexibility index (Phi) is 6.70. The second kappa shape index (κ2) is 9.64. The molecule has 0 spiro atoms. The Hall–Kier alpha value is -2.67. The fourth-order valence-corrected chi connectivity index (χ4v) is 4.51. The molecule has 2 aromatic carbocycles. The maximum absolute atomic E-state index is 12.6. The normalized spacial score (nSPS) is 14.5. The van der Waals surface area contributed by atoms with Crippen LogP contribution in [0.1, 0.15) is 25.6 Å². The van der Waals surface area contributed by atoms with Gasteiger partial charge in [-0.25, -0.2) is 0 Å². The van der Waals surface area contributed by atoms with Crippen LogP contribution in [0.2, 0.25) is 5.02 Å². The molecular weight excluding hydrogens is 430 g/mol. The minimum atomic E-state index is -0.109. The molecule has 31 heavy (non-hydrogen) atoms. The highest BCUT2D eigenvalue weighted by Crippen LogP contribution is 2.29. The lowest BCUT2D eigenvalue weighted by Gasteiger charge is -2.32. The molecule has 0 radical (unpaired) electrons. The quantitative estimate of drug-likeness (QED) is 0.623. The molecule has 1 saturated heterocycles. The van der Waals surface area contributed by atoms with Gasteiger partial charge in [-0.2, -0.15) is 0 Å². The number of amides is 2. The maximum Gasteiger partial charge on any atom is 0.261 e. The molecule has 0 saturated carbocycles. The summed E-state index contributed by atoms with van der Waals surface area (Å²) in [7, 11) is 2.07. The smallest absolute Gasteiger partial charge is 0.261 e. The number of nitrogens with one attached hydrogen (secondary N) is 1. The number of nitrogens with zero attached hydrogens (tertiary/aromatic N) is 2. The first-order valence-corrected chi connectivity index (χ1v) is 11.4. The van der Waals surface area contributed by atoms with Gasteiger partial charge in [0, 0.05) is 48.2 Å². The number of hydrogen-bond acceptors (Lipinski definition) is 4. The molecule has 4 rings (SSSR count). The number of likely N-dealkylation sites (N-methyl/N-ethyl adjacent to an activating group) is 1. The van der Waals surface area contributed by atoms with Gasteiger partial charge in [0.15, 0.2) is 0 Å². The zero-order chi connectivity index (χ0) is 21.8. The van der Waals surface area contributed by atoms with Crippen molar-refractivity contribution >= 4 is 34.8 Å². The highest BCUT2D eigenvalue weighted by Gasteiger charge is 2.20. The molecule has 7 heteroatoms. The van der Waals surface area contributed by atoms with E-state index < -0.39 is 0 Å². The standard InChI is InChI=1S/C24H24ClN3O2S/c1-27-12-14-28(15-13-27)24(30)19-4-2-17(3-5-19)16-26-23(29)22-11-10-21(31-22)18-6-8-20(25)9-7-18/h2-11H,12-16H2,1H3,(H,26,29). The molecule has 0 unspecified atom stereocenters. The van der Waals surface area contributed by atoms with Gasteiger partial charge < -0.3 is 15.1 Å². The third-order valence-electron chi connectivity index (χ3n) is 5.40. The largest absolute Gasteiger partial charge is 0.347 e. The van der Waals surface area contributed by atoms with E-state index in [9.17, 15) is 9.59 Å². The lowest BCUT2D eigenvalue weighted by molar-refractivity contribution is 0.0664. The number of benzene rings is 2. The first-order chi connectivity index (χ1) is 15.0. The number of thiophene rings is 1. The van der Waals surface area contributed by atoms with Crippen molar-refractivity contribution in [3.8, 4) is 10.4 Å². The summed E-state index contributed by atoms with van der Waals surface area (Å²) < 4.78 is 0. The maximum atomic E-state index is 12.6. The summed E-state index contributed by atoms with van der Waals surface area (Å²) in [6, 6.07) is 18.8. The van der Waals surface area contributed by atoms with Crippen molar-refractivity contribution in [2.45, 2.75) is 6.54 Å². The summed E-state index contributed by atoms with van der Waals surface area (Å²) >= 11 is 7.39. The van der Waals surface area contributed by atoms with Crippen molar-refractivity contribution in [1.82, 2.24) is 15.1 Å². The second-order valence-corrected chi connectivity index (χ2v) is 9.17. The van der Waals surface area contributed by atoms with E-state index in [1.807, 2.05) is 65.6 Å². The third-order valence-corrected chi connectivity index (χ3v) is 6.79. The third kappa shape index (κ3) is 5.34. The van der Waals surface area contributed by atoms with Crippen LogP contribution in [-0.4, -0.2) is 54.8 Å². The van der Waals surface area contributed by atoms with Gasteiger partial charge in [0.25, 0.3) is 11.8 Å². The van der Waals surface area contributed by atoms with Crippen LogP contribution in [0.25, 0.3) is 10.4 Å². The van der Waals surface area contributed by atoms with Crippen molar-refractivity contribution in [3.05, 3.63) is 81.7 Å². The number of rotatable bonds is 5. The number of carbonyl (C=O) groups excluding carboxylic acids is 2. The molecule has 0 aliphatic carbocycles.